The van der Waals surface area contributed by atoms with Crippen LogP contribution in [0.2, 0.25) is 0 Å². The Bertz CT molecular complexity index is 925. The van der Waals surface area contributed by atoms with Crippen LogP contribution in [0.4, 0.5) is 4.39 Å². The third-order valence-corrected chi connectivity index (χ3v) is 7.01. The molecule has 1 aliphatic heterocycles. The summed E-state index contributed by atoms with van der Waals surface area (Å²) in [5.41, 5.74) is 1.51. The Labute approximate surface area is 165 Å². The Balaban J connectivity index is 1.78. The number of amides is 1. The highest BCUT2D eigenvalue weighted by atomic mass is 32.2. The second-order valence-electron chi connectivity index (χ2n) is 7.31. The molecule has 3 rings (SSSR count). The van der Waals surface area contributed by atoms with Gasteiger partial charge in [0, 0.05) is 38.7 Å². The van der Waals surface area contributed by atoms with Crippen molar-refractivity contribution in [3.05, 3.63) is 65.5 Å². The van der Waals surface area contributed by atoms with Crippen molar-refractivity contribution in [3.63, 3.8) is 0 Å². The monoisotopic (exact) mass is 404 g/mol. The van der Waals surface area contributed by atoms with Gasteiger partial charge in [0.2, 0.25) is 10.0 Å². The number of carbonyl (C=O) groups excluding carboxylic acids is 1. The molecule has 7 heteroatoms. The van der Waals surface area contributed by atoms with Gasteiger partial charge in [0.1, 0.15) is 5.82 Å². The zero-order valence-corrected chi connectivity index (χ0v) is 17.0. The summed E-state index contributed by atoms with van der Waals surface area (Å²) in [7, 11) is -0.574. The molecule has 5 nitrogen and oxygen atoms in total. The van der Waals surface area contributed by atoms with Gasteiger partial charge in [-0.2, -0.15) is 0 Å². The van der Waals surface area contributed by atoms with Gasteiger partial charge in [0.15, 0.2) is 0 Å². The molecule has 0 spiro atoms. The Morgan fingerprint density at radius 2 is 1.68 bits per heavy atom. The normalized spacial score (nSPS) is 18.1. The van der Waals surface area contributed by atoms with E-state index in [4.69, 9.17) is 0 Å². The van der Waals surface area contributed by atoms with Gasteiger partial charge in [-0.3, -0.25) is 4.79 Å². The van der Waals surface area contributed by atoms with Crippen LogP contribution >= 0.6 is 0 Å². The molecule has 1 amide bonds. The first-order chi connectivity index (χ1) is 13.3. The number of benzene rings is 2. The third-order valence-electron chi connectivity index (χ3n) is 5.18. The molecule has 0 unspecified atom stereocenters. The first-order valence-electron chi connectivity index (χ1n) is 9.36. The van der Waals surface area contributed by atoms with E-state index in [1.807, 2.05) is 4.90 Å². The summed E-state index contributed by atoms with van der Waals surface area (Å²) in [6.45, 7) is 1.23. The van der Waals surface area contributed by atoms with Gasteiger partial charge in [-0.05, 0) is 54.8 Å². The first kappa shape index (κ1) is 20.5. The van der Waals surface area contributed by atoms with E-state index in [0.717, 1.165) is 29.1 Å². The fourth-order valence-corrected chi connectivity index (χ4v) is 4.40. The standard InChI is InChI=1S/C21H25FN2O3S/c1-23(2)28(26,27)20-12-8-17(9-13-20)21(25)24-14-4-3-5-18(15-24)16-6-10-19(22)11-7-16/h6-13,18H,3-5,14-15H2,1-2H3/t18-/m0/s1. The van der Waals surface area contributed by atoms with E-state index in [1.165, 1.54) is 38.4 Å². The number of rotatable bonds is 4. The van der Waals surface area contributed by atoms with Gasteiger partial charge in [0.05, 0.1) is 4.90 Å². The van der Waals surface area contributed by atoms with Gasteiger partial charge in [0.25, 0.3) is 5.91 Å². The maximum absolute atomic E-state index is 13.2. The van der Waals surface area contributed by atoms with E-state index >= 15 is 0 Å². The molecule has 0 saturated carbocycles. The molecule has 1 fully saturated rings. The summed E-state index contributed by atoms with van der Waals surface area (Å²) >= 11 is 0. The van der Waals surface area contributed by atoms with Crippen LogP contribution in [0.1, 0.15) is 41.1 Å². The van der Waals surface area contributed by atoms with Crippen LogP contribution in [0, 0.1) is 5.82 Å². The second kappa shape index (κ2) is 8.41. The molecule has 2 aromatic carbocycles. The van der Waals surface area contributed by atoms with Crippen molar-refractivity contribution in [1.29, 1.82) is 0 Å². The number of halogens is 1. The van der Waals surface area contributed by atoms with E-state index in [2.05, 4.69) is 0 Å². The van der Waals surface area contributed by atoms with E-state index in [0.29, 0.717) is 18.7 Å². The minimum Gasteiger partial charge on any atom is -0.338 e. The molecule has 0 aromatic heterocycles. The molecule has 0 N–H and O–H groups in total. The lowest BCUT2D eigenvalue weighted by atomic mass is 9.94. The van der Waals surface area contributed by atoms with Gasteiger partial charge >= 0.3 is 0 Å². The first-order valence-corrected chi connectivity index (χ1v) is 10.8. The van der Waals surface area contributed by atoms with Crippen LogP contribution in [0.15, 0.2) is 53.4 Å². The van der Waals surface area contributed by atoms with Gasteiger partial charge in [-0.25, -0.2) is 17.1 Å². The van der Waals surface area contributed by atoms with Crippen LogP contribution in [-0.4, -0.2) is 50.7 Å². The smallest absolute Gasteiger partial charge is 0.253 e. The molecule has 1 atom stereocenters. The minimum absolute atomic E-state index is 0.109. The molecular weight excluding hydrogens is 379 g/mol. The summed E-state index contributed by atoms with van der Waals surface area (Å²) < 4.78 is 38.7. The second-order valence-corrected chi connectivity index (χ2v) is 9.46. The molecule has 28 heavy (non-hydrogen) atoms. The predicted octanol–water partition coefficient (Wildman–Crippen LogP) is 3.49. The summed E-state index contributed by atoms with van der Waals surface area (Å²) in [6, 6.07) is 12.6. The molecule has 0 aliphatic carbocycles. The van der Waals surface area contributed by atoms with Crippen molar-refractivity contribution in [2.24, 2.45) is 0 Å². The third kappa shape index (κ3) is 4.42. The van der Waals surface area contributed by atoms with Crippen LogP contribution in [-0.2, 0) is 10.0 Å². The Hall–Kier alpha value is -2.25. The average Bonchev–Trinajstić information content (AvgIpc) is 2.94. The summed E-state index contributed by atoms with van der Waals surface area (Å²) in [4.78, 5) is 15.0. The van der Waals surface area contributed by atoms with E-state index in [1.54, 1.807) is 24.3 Å². The summed E-state index contributed by atoms with van der Waals surface area (Å²) in [6.07, 6.45) is 2.87. The molecular formula is C21H25FN2O3S. The fourth-order valence-electron chi connectivity index (χ4n) is 3.50. The molecule has 1 saturated heterocycles. The number of carbonyl (C=O) groups is 1. The number of hydrogen-bond donors (Lipinski definition) is 0. The molecule has 1 heterocycles. The van der Waals surface area contributed by atoms with Crippen molar-refractivity contribution >= 4 is 15.9 Å². The van der Waals surface area contributed by atoms with Gasteiger partial charge in [-0.1, -0.05) is 18.6 Å². The van der Waals surface area contributed by atoms with Crippen molar-refractivity contribution < 1.29 is 17.6 Å². The number of nitrogens with zero attached hydrogens (tertiary/aromatic N) is 2. The number of hydrogen-bond acceptors (Lipinski definition) is 3. The van der Waals surface area contributed by atoms with Crippen molar-refractivity contribution in [2.75, 3.05) is 27.2 Å². The maximum Gasteiger partial charge on any atom is 0.253 e. The van der Waals surface area contributed by atoms with E-state index < -0.39 is 10.0 Å². The van der Waals surface area contributed by atoms with E-state index in [9.17, 15) is 17.6 Å². The minimum atomic E-state index is -3.52. The topological polar surface area (TPSA) is 57.7 Å². The van der Waals surface area contributed by atoms with Crippen LogP contribution in [0.5, 0.6) is 0 Å². The van der Waals surface area contributed by atoms with Gasteiger partial charge < -0.3 is 4.90 Å². The zero-order chi connectivity index (χ0) is 20.3. The van der Waals surface area contributed by atoms with E-state index in [-0.39, 0.29) is 22.5 Å². The molecule has 2 aromatic rings. The summed E-state index contributed by atoms with van der Waals surface area (Å²) in [5.74, 6) is -0.207. The quantitative estimate of drug-likeness (QED) is 0.784. The Morgan fingerprint density at radius 1 is 1.04 bits per heavy atom. The Morgan fingerprint density at radius 3 is 2.29 bits per heavy atom. The largest absolute Gasteiger partial charge is 0.338 e. The summed E-state index contributed by atoms with van der Waals surface area (Å²) in [5, 5.41) is 0. The molecule has 0 radical (unpaired) electrons. The lowest BCUT2D eigenvalue weighted by Crippen LogP contribution is -2.34. The highest BCUT2D eigenvalue weighted by Gasteiger charge is 2.25. The van der Waals surface area contributed by atoms with Gasteiger partial charge in [-0.15, -0.1) is 0 Å². The molecule has 150 valence electrons. The van der Waals surface area contributed by atoms with Crippen LogP contribution in [0.3, 0.4) is 0 Å². The fraction of sp³-hybridized carbons (Fsp3) is 0.381. The SMILES string of the molecule is CN(C)S(=O)(=O)c1ccc(C(=O)N2CCCC[C@H](c3ccc(F)cc3)C2)cc1. The zero-order valence-electron chi connectivity index (χ0n) is 16.1. The average molecular weight is 405 g/mol. The predicted molar refractivity (Wildman–Crippen MR) is 106 cm³/mol. The van der Waals surface area contributed by atoms with Crippen molar-refractivity contribution in [1.82, 2.24) is 9.21 Å². The maximum atomic E-state index is 13.2. The number of sulfonamides is 1. The lowest BCUT2D eigenvalue weighted by Gasteiger charge is -2.25. The van der Waals surface area contributed by atoms with Crippen LogP contribution in [0.25, 0.3) is 0 Å². The highest BCUT2D eigenvalue weighted by Crippen LogP contribution is 2.27. The Kier molecular flexibility index (Phi) is 6.15. The highest BCUT2D eigenvalue weighted by molar-refractivity contribution is 7.89. The molecule has 0 bridgehead atoms. The van der Waals surface area contributed by atoms with Crippen LogP contribution < -0.4 is 0 Å². The van der Waals surface area contributed by atoms with Crippen molar-refractivity contribution in [2.45, 2.75) is 30.1 Å². The van der Waals surface area contributed by atoms with Crippen molar-refractivity contribution in [3.8, 4) is 0 Å². The number of likely N-dealkylation sites (tertiary alicyclic amines) is 1. The lowest BCUT2D eigenvalue weighted by molar-refractivity contribution is 0.0754. The molecule has 1 aliphatic rings.